The number of aromatic nitrogens is 1. The Morgan fingerprint density at radius 3 is 2.42 bits per heavy atom. The highest BCUT2D eigenvalue weighted by Crippen LogP contribution is 2.36. The molecule has 0 aromatic carbocycles. The van der Waals surface area contributed by atoms with Crippen molar-refractivity contribution >= 4 is 46.1 Å². The number of carbonyl (C=O) groups is 1. The molecule has 0 N–H and O–H groups in total. The molecule has 0 bridgehead atoms. The molecule has 2 saturated heterocycles. The molecule has 0 aliphatic carbocycles. The number of nitrogens with zero attached hydrogens (tertiary/aromatic N) is 4. The molecule has 3 heterocycles. The molecule has 8 heteroatoms. The first kappa shape index (κ1) is 23.6. The Bertz CT molecular complexity index is 998. The lowest BCUT2D eigenvalue weighted by Crippen LogP contribution is -2.35. The van der Waals surface area contributed by atoms with Crippen LogP contribution >= 0.6 is 24.0 Å². The number of pyridine rings is 1. The van der Waals surface area contributed by atoms with E-state index in [0.717, 1.165) is 50.2 Å². The van der Waals surface area contributed by atoms with E-state index < -0.39 is 0 Å². The summed E-state index contributed by atoms with van der Waals surface area (Å²) < 4.78 is 2.27. The zero-order chi connectivity index (χ0) is 22.5. The molecule has 2 aliphatic heterocycles. The molecular weight excluding hydrogens is 428 g/mol. The largest absolute Gasteiger partial charge is 0.357 e. The van der Waals surface area contributed by atoms with Crippen molar-refractivity contribution in [2.75, 3.05) is 24.5 Å². The van der Waals surface area contributed by atoms with E-state index in [-0.39, 0.29) is 17.0 Å². The van der Waals surface area contributed by atoms with Gasteiger partial charge in [-0.1, -0.05) is 50.2 Å². The molecule has 0 atom stereocenters. The van der Waals surface area contributed by atoms with Crippen LogP contribution in [-0.2, 0) is 11.3 Å². The number of thioether (sulfide) groups is 1. The smallest absolute Gasteiger partial charge is 0.270 e. The Morgan fingerprint density at radius 1 is 1.16 bits per heavy atom. The van der Waals surface area contributed by atoms with Crippen molar-refractivity contribution < 1.29 is 4.79 Å². The van der Waals surface area contributed by atoms with Gasteiger partial charge in [0.25, 0.3) is 11.5 Å². The quantitative estimate of drug-likeness (QED) is 0.464. The minimum Gasteiger partial charge on any atom is -0.357 e. The van der Waals surface area contributed by atoms with Crippen molar-refractivity contribution in [2.24, 2.45) is 0 Å². The predicted octanol–water partition coefficient (Wildman–Crippen LogP) is 4.43. The van der Waals surface area contributed by atoms with Gasteiger partial charge in [-0.2, -0.15) is 5.26 Å². The summed E-state index contributed by atoms with van der Waals surface area (Å²) in [5.41, 5.74) is 1.31. The summed E-state index contributed by atoms with van der Waals surface area (Å²) in [4.78, 5) is 30.6. The third kappa shape index (κ3) is 4.73. The van der Waals surface area contributed by atoms with Crippen LogP contribution in [0.15, 0.2) is 9.70 Å². The van der Waals surface area contributed by atoms with E-state index >= 15 is 0 Å². The maximum Gasteiger partial charge on any atom is 0.270 e. The van der Waals surface area contributed by atoms with Gasteiger partial charge >= 0.3 is 0 Å². The highest BCUT2D eigenvalue weighted by molar-refractivity contribution is 8.26. The Balaban J connectivity index is 2.18. The van der Waals surface area contributed by atoms with Gasteiger partial charge < -0.3 is 4.90 Å². The van der Waals surface area contributed by atoms with Gasteiger partial charge in [0.1, 0.15) is 21.8 Å². The van der Waals surface area contributed by atoms with Crippen LogP contribution in [0.4, 0.5) is 5.82 Å². The highest BCUT2D eigenvalue weighted by atomic mass is 32.2. The van der Waals surface area contributed by atoms with Crippen LogP contribution in [0.3, 0.4) is 0 Å². The normalized spacial score (nSPS) is 18.6. The van der Waals surface area contributed by atoms with Crippen LogP contribution in [0, 0.1) is 18.3 Å². The summed E-state index contributed by atoms with van der Waals surface area (Å²) in [6.07, 6.45) is 8.22. The summed E-state index contributed by atoms with van der Waals surface area (Å²) in [7, 11) is 0. The second-order valence-corrected chi connectivity index (χ2v) is 9.66. The highest BCUT2D eigenvalue weighted by Gasteiger charge is 2.32. The maximum atomic E-state index is 13.1. The van der Waals surface area contributed by atoms with Crippen LogP contribution < -0.4 is 10.5 Å². The molecule has 1 aromatic rings. The molecule has 3 rings (SSSR count). The molecule has 6 nitrogen and oxygen atoms in total. The molecule has 2 fully saturated rings. The van der Waals surface area contributed by atoms with E-state index in [1.807, 2.05) is 19.9 Å². The first-order valence-electron chi connectivity index (χ1n) is 11.1. The molecule has 0 saturated carbocycles. The standard InChI is InChI=1S/C23H30N4O2S2/c1-4-6-13-27-22(29)19(31-23(27)30)14-17-16(3)18(15-24)21(28)26(5-2)20(17)25-11-9-7-8-10-12-25/h14H,4-13H2,1-3H3. The summed E-state index contributed by atoms with van der Waals surface area (Å²) in [5.74, 6) is 0.738. The van der Waals surface area contributed by atoms with E-state index in [0.29, 0.717) is 27.9 Å². The summed E-state index contributed by atoms with van der Waals surface area (Å²) in [6, 6.07) is 2.09. The molecular formula is C23H30N4O2S2. The summed E-state index contributed by atoms with van der Waals surface area (Å²) >= 11 is 6.77. The van der Waals surface area contributed by atoms with Crippen molar-refractivity contribution in [1.29, 1.82) is 5.26 Å². The lowest BCUT2D eigenvalue weighted by Gasteiger charge is -2.29. The minimum atomic E-state index is -0.255. The van der Waals surface area contributed by atoms with Crippen molar-refractivity contribution in [3.05, 3.63) is 31.9 Å². The topological polar surface area (TPSA) is 69.3 Å². The van der Waals surface area contributed by atoms with Gasteiger partial charge in [0, 0.05) is 31.7 Å². The Hall–Kier alpha value is -2.11. The third-order valence-electron chi connectivity index (χ3n) is 5.95. The second-order valence-electron chi connectivity index (χ2n) is 7.99. The first-order chi connectivity index (χ1) is 14.9. The number of carbonyl (C=O) groups excluding carboxylic acids is 1. The Labute approximate surface area is 193 Å². The number of hydrogen-bond acceptors (Lipinski definition) is 6. The van der Waals surface area contributed by atoms with Gasteiger partial charge in [0.05, 0.1) is 4.91 Å². The van der Waals surface area contributed by atoms with Crippen molar-refractivity contribution in [3.8, 4) is 6.07 Å². The van der Waals surface area contributed by atoms with Crippen LogP contribution in [0.5, 0.6) is 0 Å². The molecule has 0 radical (unpaired) electrons. The first-order valence-corrected chi connectivity index (χ1v) is 12.3. The number of hydrogen-bond donors (Lipinski definition) is 0. The van der Waals surface area contributed by atoms with Crippen LogP contribution in [0.1, 0.15) is 69.1 Å². The van der Waals surface area contributed by atoms with Gasteiger partial charge in [0.2, 0.25) is 0 Å². The minimum absolute atomic E-state index is 0.0857. The van der Waals surface area contributed by atoms with E-state index in [4.69, 9.17) is 12.2 Å². The fourth-order valence-corrected chi connectivity index (χ4v) is 5.49. The van der Waals surface area contributed by atoms with Gasteiger partial charge in [-0.3, -0.25) is 19.1 Å². The average molecular weight is 459 g/mol. The maximum absolute atomic E-state index is 13.1. The second kappa shape index (κ2) is 10.5. The van der Waals surface area contributed by atoms with E-state index in [1.54, 1.807) is 9.47 Å². The van der Waals surface area contributed by atoms with Gasteiger partial charge in [-0.05, 0) is 44.7 Å². The molecule has 31 heavy (non-hydrogen) atoms. The molecule has 1 aromatic heterocycles. The van der Waals surface area contributed by atoms with Crippen molar-refractivity contribution in [1.82, 2.24) is 9.47 Å². The molecule has 166 valence electrons. The fraction of sp³-hybridized carbons (Fsp3) is 0.565. The van der Waals surface area contributed by atoms with Crippen molar-refractivity contribution in [3.63, 3.8) is 0 Å². The number of nitriles is 1. The number of amides is 1. The van der Waals surface area contributed by atoms with Crippen LogP contribution in [0.2, 0.25) is 0 Å². The fourth-order valence-electron chi connectivity index (χ4n) is 4.20. The van der Waals surface area contributed by atoms with Crippen molar-refractivity contribution in [2.45, 2.75) is 65.8 Å². The molecule has 0 unspecified atom stereocenters. The Morgan fingerprint density at radius 2 is 1.84 bits per heavy atom. The predicted molar refractivity (Wildman–Crippen MR) is 131 cm³/mol. The zero-order valence-electron chi connectivity index (χ0n) is 18.6. The number of rotatable bonds is 6. The number of unbranched alkanes of at least 4 members (excludes halogenated alkanes) is 1. The van der Waals surface area contributed by atoms with Crippen LogP contribution in [0.25, 0.3) is 6.08 Å². The lowest BCUT2D eigenvalue weighted by atomic mass is 10.0. The zero-order valence-corrected chi connectivity index (χ0v) is 20.2. The number of thiocarbonyl (C=S) groups is 1. The number of anilines is 1. The molecule has 2 aliphatic rings. The Kier molecular flexibility index (Phi) is 7.95. The third-order valence-corrected chi connectivity index (χ3v) is 7.33. The van der Waals surface area contributed by atoms with Crippen LogP contribution in [-0.4, -0.2) is 39.3 Å². The van der Waals surface area contributed by atoms with E-state index in [1.165, 1.54) is 24.6 Å². The van der Waals surface area contributed by atoms with Gasteiger partial charge in [-0.25, -0.2) is 0 Å². The summed E-state index contributed by atoms with van der Waals surface area (Å²) in [6.45, 7) is 8.64. The average Bonchev–Trinajstić information content (AvgIpc) is 2.93. The monoisotopic (exact) mass is 458 g/mol. The molecule has 0 spiro atoms. The van der Waals surface area contributed by atoms with Gasteiger partial charge in [-0.15, -0.1) is 0 Å². The SMILES string of the molecule is CCCCN1C(=O)C(=Cc2c(C)c(C#N)c(=O)n(CC)c2N2CCCCCC2)SC1=S. The van der Waals surface area contributed by atoms with E-state index in [2.05, 4.69) is 17.9 Å². The van der Waals surface area contributed by atoms with E-state index in [9.17, 15) is 14.9 Å². The molecule has 1 amide bonds. The lowest BCUT2D eigenvalue weighted by molar-refractivity contribution is -0.122. The van der Waals surface area contributed by atoms with Gasteiger partial charge in [0.15, 0.2) is 0 Å². The summed E-state index contributed by atoms with van der Waals surface area (Å²) in [5, 5.41) is 9.69.